The number of allylic oxidation sites excluding steroid dienone is 4. The van der Waals surface area contributed by atoms with Crippen molar-refractivity contribution in [3.05, 3.63) is 23.5 Å². The summed E-state index contributed by atoms with van der Waals surface area (Å²) >= 11 is 0. The molecule has 0 aromatic rings. The minimum atomic E-state index is -4.84. The lowest BCUT2D eigenvalue weighted by atomic mass is 9.92. The minimum Gasteiger partial charge on any atom is -0.486 e. The summed E-state index contributed by atoms with van der Waals surface area (Å²) in [6.07, 6.45) is -0.788. The van der Waals surface area contributed by atoms with E-state index < -0.39 is 41.9 Å². The number of aliphatic hydroxyl groups is 1. The normalized spacial score (nSPS) is 25.2. The van der Waals surface area contributed by atoms with E-state index in [0.29, 0.717) is 6.42 Å². The van der Waals surface area contributed by atoms with Crippen LogP contribution in [0.5, 0.6) is 0 Å². The predicted molar refractivity (Wildman–Crippen MR) is 76.6 cm³/mol. The van der Waals surface area contributed by atoms with Crippen LogP contribution in [0.25, 0.3) is 0 Å². The van der Waals surface area contributed by atoms with E-state index in [1.54, 1.807) is 6.08 Å². The minimum absolute atomic E-state index is 0.217. The summed E-state index contributed by atoms with van der Waals surface area (Å²) in [6.45, 7) is 3.01. The second-order valence-corrected chi connectivity index (χ2v) is 4.98. The predicted octanol–water partition coefficient (Wildman–Crippen LogP) is 2.83. The summed E-state index contributed by atoms with van der Waals surface area (Å²) in [5, 5.41) is 8.94. The van der Waals surface area contributed by atoms with Crippen LogP contribution in [-0.2, 0) is 9.53 Å². The zero-order valence-corrected chi connectivity index (χ0v) is 12.6. The molecule has 1 heterocycles. The molecule has 0 bridgehead atoms. The van der Waals surface area contributed by atoms with E-state index in [1.807, 2.05) is 6.92 Å². The number of aliphatic imine (C=N–C) groups is 1. The molecule has 0 saturated carbocycles. The maximum atomic E-state index is 13.3. The number of ketones is 1. The molecule has 0 aromatic carbocycles. The van der Waals surface area contributed by atoms with Gasteiger partial charge in [0.1, 0.15) is 11.7 Å². The molecule has 0 aromatic heterocycles. The molecule has 0 amide bonds. The van der Waals surface area contributed by atoms with E-state index in [4.69, 9.17) is 9.84 Å². The van der Waals surface area contributed by atoms with Crippen molar-refractivity contribution in [3.8, 4) is 0 Å². The largest absolute Gasteiger partial charge is 0.486 e. The molecule has 0 fully saturated rings. The number of ether oxygens (including phenoxy) is 1. The first-order valence-electron chi connectivity index (χ1n) is 7.10. The molecule has 1 N–H and O–H groups in total. The van der Waals surface area contributed by atoms with Crippen molar-refractivity contribution in [2.75, 3.05) is 13.2 Å². The summed E-state index contributed by atoms with van der Waals surface area (Å²) in [5.41, 5.74) is -1.35. The molecule has 1 rings (SSSR count). The fourth-order valence-electron chi connectivity index (χ4n) is 1.97. The van der Waals surface area contributed by atoms with Crippen LogP contribution in [-0.4, -0.2) is 42.5 Å². The first kappa shape index (κ1) is 18.4. The van der Waals surface area contributed by atoms with Gasteiger partial charge in [-0.2, -0.15) is 13.2 Å². The van der Waals surface area contributed by atoms with E-state index in [-0.39, 0.29) is 13.0 Å². The molecule has 0 aliphatic carbocycles. The van der Waals surface area contributed by atoms with Crippen LogP contribution in [0.1, 0.15) is 26.7 Å². The second-order valence-electron chi connectivity index (χ2n) is 4.98. The van der Waals surface area contributed by atoms with Crippen molar-refractivity contribution < 1.29 is 27.8 Å². The van der Waals surface area contributed by atoms with Gasteiger partial charge < -0.3 is 9.84 Å². The number of aliphatic hydroxyl groups excluding tert-OH is 1. The molecular weight excluding hydrogens is 299 g/mol. The van der Waals surface area contributed by atoms with Gasteiger partial charge in [0.2, 0.25) is 0 Å². The van der Waals surface area contributed by atoms with Crippen molar-refractivity contribution in [3.63, 3.8) is 0 Å². The number of hydrogen-bond acceptors (Lipinski definition) is 4. The Balaban J connectivity index is 3.30. The van der Waals surface area contributed by atoms with E-state index >= 15 is 0 Å². The van der Waals surface area contributed by atoms with Crippen LogP contribution in [0, 0.1) is 5.92 Å². The quantitative estimate of drug-likeness (QED) is 0.793. The highest BCUT2D eigenvalue weighted by Crippen LogP contribution is 2.33. The van der Waals surface area contributed by atoms with Crippen LogP contribution in [0.2, 0.25) is 0 Å². The molecule has 124 valence electrons. The van der Waals surface area contributed by atoms with Crippen molar-refractivity contribution in [1.29, 1.82) is 0 Å². The van der Waals surface area contributed by atoms with Crippen LogP contribution in [0.15, 0.2) is 28.5 Å². The Kier molecular flexibility index (Phi) is 6.80. The highest BCUT2D eigenvalue weighted by atomic mass is 19.4. The average Bonchev–Trinajstić information content (AvgIpc) is 2.42. The summed E-state index contributed by atoms with van der Waals surface area (Å²) < 4.78 is 44.9. The molecule has 0 radical (unpaired) electrons. The van der Waals surface area contributed by atoms with E-state index in [0.717, 1.165) is 6.21 Å². The van der Waals surface area contributed by atoms with Crippen molar-refractivity contribution in [2.45, 2.75) is 39.0 Å². The Morgan fingerprint density at radius 2 is 2.23 bits per heavy atom. The number of carbonyl (C=O) groups is 1. The monoisotopic (exact) mass is 319 g/mol. The fourth-order valence-corrected chi connectivity index (χ4v) is 1.97. The summed E-state index contributed by atoms with van der Waals surface area (Å²) in [4.78, 5) is 16.2. The molecule has 1 aliphatic rings. The van der Waals surface area contributed by atoms with Crippen LogP contribution >= 0.6 is 0 Å². The molecule has 7 heteroatoms. The van der Waals surface area contributed by atoms with Crippen LogP contribution in [0.4, 0.5) is 13.2 Å². The smallest absolute Gasteiger partial charge is 0.423 e. The first-order valence-corrected chi connectivity index (χ1v) is 7.10. The van der Waals surface area contributed by atoms with Gasteiger partial charge in [-0.25, -0.2) is 0 Å². The number of carbonyl (C=O) groups excluding carboxylic acids is 1. The summed E-state index contributed by atoms with van der Waals surface area (Å²) in [6, 6.07) is 0. The lowest BCUT2D eigenvalue weighted by Gasteiger charge is -2.22. The Hall–Kier alpha value is -1.63. The van der Waals surface area contributed by atoms with Gasteiger partial charge in [0.25, 0.3) is 0 Å². The lowest BCUT2D eigenvalue weighted by molar-refractivity contribution is -0.132. The highest BCUT2D eigenvalue weighted by molar-refractivity contribution is 6.04. The van der Waals surface area contributed by atoms with E-state index in [1.165, 1.54) is 13.0 Å². The number of nitrogens with zero attached hydrogens (tertiary/aromatic N) is 1. The SMILES string of the molecule is CC/C=C/C1CCN=C/C(O[C@H](C)CO)=C(/C(F)(F)F)C1=O. The van der Waals surface area contributed by atoms with Gasteiger partial charge in [0.15, 0.2) is 11.5 Å². The van der Waals surface area contributed by atoms with Crippen LogP contribution < -0.4 is 0 Å². The van der Waals surface area contributed by atoms with Gasteiger partial charge in [-0.05, 0) is 19.8 Å². The van der Waals surface area contributed by atoms with Crippen molar-refractivity contribution >= 4 is 12.0 Å². The maximum absolute atomic E-state index is 13.3. The number of rotatable bonds is 5. The van der Waals surface area contributed by atoms with Gasteiger partial charge in [-0.1, -0.05) is 19.1 Å². The lowest BCUT2D eigenvalue weighted by Crippen LogP contribution is -2.30. The second kappa shape index (κ2) is 8.12. The van der Waals surface area contributed by atoms with E-state index in [9.17, 15) is 18.0 Å². The molecule has 1 unspecified atom stereocenters. The van der Waals surface area contributed by atoms with Gasteiger partial charge in [0, 0.05) is 12.5 Å². The zero-order chi connectivity index (χ0) is 16.8. The molecule has 1 aliphatic heterocycles. The van der Waals surface area contributed by atoms with Gasteiger partial charge in [0.05, 0.1) is 12.8 Å². The summed E-state index contributed by atoms with van der Waals surface area (Å²) in [5.74, 6) is -2.53. The standard InChI is InChI=1S/C15H20F3NO3/c1-3-4-5-11-6-7-19-8-12(22-10(2)9-20)13(14(11)21)15(16,17)18/h4-5,8,10-11,20H,3,6-7,9H2,1-2H3/b5-4+,13-12-,19-8?/t10-,11?/m1/s1. The Labute approximate surface area is 127 Å². The van der Waals surface area contributed by atoms with Gasteiger partial charge >= 0.3 is 6.18 Å². The molecule has 22 heavy (non-hydrogen) atoms. The number of alkyl halides is 3. The third-order valence-corrected chi connectivity index (χ3v) is 3.08. The van der Waals surface area contributed by atoms with E-state index in [2.05, 4.69) is 4.99 Å². The Morgan fingerprint density at radius 3 is 2.77 bits per heavy atom. The Morgan fingerprint density at radius 1 is 1.55 bits per heavy atom. The van der Waals surface area contributed by atoms with Crippen molar-refractivity contribution in [2.24, 2.45) is 10.9 Å². The molecular formula is C15H20F3NO3. The summed E-state index contributed by atoms with van der Waals surface area (Å²) in [7, 11) is 0. The maximum Gasteiger partial charge on any atom is 0.423 e. The van der Waals surface area contributed by atoms with Gasteiger partial charge in [-0.15, -0.1) is 0 Å². The molecule has 4 nitrogen and oxygen atoms in total. The topological polar surface area (TPSA) is 58.9 Å². The molecule has 0 saturated heterocycles. The molecule has 2 atom stereocenters. The zero-order valence-electron chi connectivity index (χ0n) is 12.6. The third kappa shape index (κ3) is 4.98. The highest BCUT2D eigenvalue weighted by Gasteiger charge is 2.44. The van der Waals surface area contributed by atoms with Gasteiger partial charge in [-0.3, -0.25) is 9.79 Å². The van der Waals surface area contributed by atoms with Crippen molar-refractivity contribution in [1.82, 2.24) is 0 Å². The Bertz CT molecular complexity index is 481. The number of halogens is 3. The third-order valence-electron chi connectivity index (χ3n) is 3.08. The van der Waals surface area contributed by atoms with Crippen LogP contribution in [0.3, 0.4) is 0 Å². The first-order chi connectivity index (χ1) is 10.3. The fraction of sp³-hybridized carbons (Fsp3) is 0.600. The molecule has 0 spiro atoms. The number of hydrogen-bond donors (Lipinski definition) is 1. The average molecular weight is 319 g/mol. The number of Topliss-reactive ketones (excluding diaryl/α,β-unsaturated/α-hetero) is 1.